The van der Waals surface area contributed by atoms with Crippen molar-refractivity contribution < 1.29 is 43.3 Å². The van der Waals surface area contributed by atoms with Gasteiger partial charge >= 0.3 is 12.1 Å². The number of likely N-dealkylation sites (tertiary alicyclic amines) is 1. The van der Waals surface area contributed by atoms with Gasteiger partial charge in [0.05, 0.1) is 29.3 Å². The van der Waals surface area contributed by atoms with Gasteiger partial charge in [-0.25, -0.2) is 19.6 Å². The number of aromatic nitrogens is 2. The summed E-state index contributed by atoms with van der Waals surface area (Å²) in [6.07, 6.45) is 2.05. The Hall–Kier alpha value is -4.51. The summed E-state index contributed by atoms with van der Waals surface area (Å²) in [6.45, 7) is 12.8. The molecule has 4 amide bonds. The number of aliphatic carboxylic acids is 1. The number of carboxylic acids is 1. The molecule has 3 aliphatic rings. The highest BCUT2D eigenvalue weighted by Crippen LogP contribution is 2.49. The van der Waals surface area contributed by atoms with E-state index >= 15 is 0 Å². The molecule has 0 spiro atoms. The number of carbonyl (C=O) groups excluding carboxylic acids is 4. The van der Waals surface area contributed by atoms with Crippen LogP contribution < -0.4 is 25.4 Å². The Morgan fingerprint density at radius 2 is 1.72 bits per heavy atom. The number of anilines is 1. The van der Waals surface area contributed by atoms with E-state index in [-0.39, 0.29) is 49.2 Å². The highest BCUT2D eigenvalue weighted by molar-refractivity contribution is 9.10. The van der Waals surface area contributed by atoms with Crippen molar-refractivity contribution in [2.75, 3.05) is 19.0 Å². The van der Waals surface area contributed by atoms with Crippen molar-refractivity contribution in [3.05, 3.63) is 28.1 Å². The van der Waals surface area contributed by atoms with Crippen molar-refractivity contribution in [2.24, 2.45) is 23.2 Å². The third kappa shape index (κ3) is 9.04. The van der Waals surface area contributed by atoms with Crippen molar-refractivity contribution in [3.8, 4) is 22.9 Å². The molecule has 5 atom stereocenters. The third-order valence-electron chi connectivity index (χ3n) is 11.2. The Bertz CT molecular complexity index is 2080. The molecule has 2 aromatic heterocycles. The number of ether oxygens (including phenoxy) is 3. The predicted octanol–water partition coefficient (Wildman–Crippen LogP) is 6.77. The highest BCUT2D eigenvalue weighted by atomic mass is 79.9. The summed E-state index contributed by atoms with van der Waals surface area (Å²) < 4.78 is 18.5. The molecule has 17 heteroatoms. The second kappa shape index (κ2) is 17.0. The molecule has 3 heterocycles. The normalized spacial score (nSPS) is 22.5. The molecule has 58 heavy (non-hydrogen) atoms. The number of pyridine rings is 1. The monoisotopic (exact) mass is 884 g/mol. The standard InChI is InChI=1S/C41H53BrN6O9S/c1-20(2)25-17-41(25,37(52)53)47-35(50)28-15-23(18-48(28)36(51)33(40(5,6)7)45-39(54)57-22-11-9-10-12-22)56-30-16-26(27-19-58-38(44-27)46-34(49)21(3)4)43-32-24(30)13-14-29(55-8)31(32)42/h13-14,16,19-23,25,28,33H,9-12,15,17-18H2,1-8H3,(H,45,54)(H,47,50)(H,52,53)(H,44,46,49)/t23-,25+,28+,33-,41-/m1/s1. The number of carbonyl (C=O) groups is 5. The summed E-state index contributed by atoms with van der Waals surface area (Å²) in [6, 6.07) is 3.08. The molecule has 3 fully saturated rings. The number of fused-ring (bicyclic) bond motifs is 1. The van der Waals surface area contributed by atoms with E-state index in [9.17, 15) is 29.1 Å². The number of nitrogens with one attached hydrogen (secondary N) is 3. The molecular weight excluding hydrogens is 832 g/mol. The molecule has 3 aromatic rings. The van der Waals surface area contributed by atoms with Gasteiger partial charge in [0, 0.05) is 29.2 Å². The Balaban J connectivity index is 1.35. The lowest BCUT2D eigenvalue weighted by molar-refractivity contribution is -0.146. The number of rotatable bonds is 13. The number of thiazole rings is 1. The zero-order valence-electron chi connectivity index (χ0n) is 34.1. The van der Waals surface area contributed by atoms with E-state index in [0.717, 1.165) is 25.7 Å². The highest BCUT2D eigenvalue weighted by Gasteiger charge is 2.63. The van der Waals surface area contributed by atoms with Gasteiger partial charge in [-0.15, -0.1) is 11.3 Å². The van der Waals surface area contributed by atoms with Crippen LogP contribution in [0, 0.1) is 23.2 Å². The number of carboxylic acid groups (broad SMARTS) is 1. The quantitative estimate of drug-likeness (QED) is 0.141. The maximum absolute atomic E-state index is 14.7. The second-order valence-corrected chi connectivity index (χ2v) is 18.9. The second-order valence-electron chi connectivity index (χ2n) is 17.2. The number of alkyl carbamates (subject to hydrolysis) is 1. The molecule has 6 rings (SSSR count). The molecule has 314 valence electrons. The fourth-order valence-corrected chi connectivity index (χ4v) is 9.11. The minimum absolute atomic E-state index is 0.00142. The molecule has 2 saturated carbocycles. The van der Waals surface area contributed by atoms with Crippen LogP contribution in [0.5, 0.6) is 11.5 Å². The van der Waals surface area contributed by atoms with Gasteiger partial charge in [-0.1, -0.05) is 48.5 Å². The van der Waals surface area contributed by atoms with Gasteiger partial charge in [-0.3, -0.25) is 14.4 Å². The largest absolute Gasteiger partial charge is 0.495 e. The van der Waals surface area contributed by atoms with Gasteiger partial charge in [0.2, 0.25) is 17.7 Å². The number of nitrogens with zero attached hydrogens (tertiary/aromatic N) is 3. The van der Waals surface area contributed by atoms with E-state index in [1.807, 2.05) is 34.6 Å². The van der Waals surface area contributed by atoms with Crippen LogP contribution in [-0.4, -0.2) is 93.2 Å². The lowest BCUT2D eigenvalue weighted by atomic mass is 9.85. The van der Waals surface area contributed by atoms with Crippen LogP contribution in [0.4, 0.5) is 9.93 Å². The van der Waals surface area contributed by atoms with Crippen molar-refractivity contribution >= 4 is 73.1 Å². The summed E-state index contributed by atoms with van der Waals surface area (Å²) in [5, 5.41) is 21.5. The van der Waals surface area contributed by atoms with Crippen molar-refractivity contribution in [3.63, 3.8) is 0 Å². The Morgan fingerprint density at radius 1 is 1.02 bits per heavy atom. The molecule has 1 aromatic carbocycles. The van der Waals surface area contributed by atoms with Crippen LogP contribution in [0.2, 0.25) is 0 Å². The summed E-state index contributed by atoms with van der Waals surface area (Å²) in [7, 11) is 1.54. The molecule has 4 N–H and O–H groups in total. The van der Waals surface area contributed by atoms with Gasteiger partial charge in [0.1, 0.15) is 47.0 Å². The SMILES string of the molecule is COc1ccc2c(O[C@@H]3C[C@@H](C(=O)N[C@]4(C(=O)O)C[C@H]4C(C)C)N(C(=O)[C@@H](NC(=O)OC4CCCC4)C(C)(C)C)C3)cc(-c3csc(NC(=O)C(C)C)n3)nc2c1Br. The first kappa shape index (κ1) is 43.1. The zero-order valence-corrected chi connectivity index (χ0v) is 36.5. The Kier molecular flexibility index (Phi) is 12.6. The van der Waals surface area contributed by atoms with Crippen LogP contribution in [0.3, 0.4) is 0 Å². The van der Waals surface area contributed by atoms with E-state index in [2.05, 4.69) is 36.9 Å². The number of methoxy groups -OCH3 is 1. The summed E-state index contributed by atoms with van der Waals surface area (Å²) in [4.78, 5) is 78.1. The average molecular weight is 886 g/mol. The van der Waals surface area contributed by atoms with E-state index in [1.54, 1.807) is 44.5 Å². The first-order chi connectivity index (χ1) is 27.3. The van der Waals surface area contributed by atoms with Crippen LogP contribution in [0.25, 0.3) is 22.3 Å². The smallest absolute Gasteiger partial charge is 0.408 e. The van der Waals surface area contributed by atoms with Crippen molar-refractivity contribution in [1.82, 2.24) is 25.5 Å². The van der Waals surface area contributed by atoms with Crippen LogP contribution in [-0.2, 0) is 23.9 Å². The minimum Gasteiger partial charge on any atom is -0.495 e. The zero-order chi connectivity index (χ0) is 42.3. The van der Waals surface area contributed by atoms with Crippen LogP contribution >= 0.6 is 27.3 Å². The lowest BCUT2D eigenvalue weighted by Gasteiger charge is -2.35. The van der Waals surface area contributed by atoms with E-state index in [4.69, 9.17) is 19.2 Å². The summed E-state index contributed by atoms with van der Waals surface area (Å²) in [5.74, 6) is -2.03. The van der Waals surface area contributed by atoms with Crippen molar-refractivity contribution in [1.29, 1.82) is 0 Å². The van der Waals surface area contributed by atoms with E-state index in [1.165, 1.54) is 16.2 Å². The fourth-order valence-electron chi connectivity index (χ4n) is 7.81. The minimum atomic E-state index is -1.45. The topological polar surface area (TPSA) is 198 Å². The first-order valence-electron chi connectivity index (χ1n) is 19.8. The first-order valence-corrected chi connectivity index (χ1v) is 21.4. The van der Waals surface area contributed by atoms with Gasteiger partial charge in [0.15, 0.2) is 5.13 Å². The van der Waals surface area contributed by atoms with Gasteiger partial charge < -0.3 is 40.2 Å². The number of hydrogen-bond donors (Lipinski definition) is 4. The fraction of sp³-hybridized carbons (Fsp3) is 0.585. The van der Waals surface area contributed by atoms with Crippen LogP contribution in [0.15, 0.2) is 28.1 Å². The van der Waals surface area contributed by atoms with E-state index < -0.39 is 53.0 Å². The molecule has 0 radical (unpaired) electrons. The number of halogens is 1. The molecule has 15 nitrogen and oxygen atoms in total. The Labute approximate surface area is 350 Å². The lowest BCUT2D eigenvalue weighted by Crippen LogP contribution is -2.59. The van der Waals surface area contributed by atoms with Gasteiger partial charge in [-0.05, 0) is 77.4 Å². The maximum Gasteiger partial charge on any atom is 0.408 e. The summed E-state index contributed by atoms with van der Waals surface area (Å²) >= 11 is 4.89. The third-order valence-corrected chi connectivity index (χ3v) is 12.8. The molecule has 1 aliphatic heterocycles. The molecule has 1 saturated heterocycles. The van der Waals surface area contributed by atoms with Gasteiger partial charge in [-0.2, -0.15) is 0 Å². The number of benzene rings is 1. The van der Waals surface area contributed by atoms with Crippen molar-refractivity contribution in [2.45, 2.75) is 117 Å². The molecule has 2 aliphatic carbocycles. The molecule has 0 bridgehead atoms. The Morgan fingerprint density at radius 3 is 2.33 bits per heavy atom. The van der Waals surface area contributed by atoms with Gasteiger partial charge in [0.25, 0.3) is 0 Å². The predicted molar refractivity (Wildman–Crippen MR) is 222 cm³/mol. The maximum atomic E-state index is 14.7. The molecule has 0 unspecified atom stereocenters. The van der Waals surface area contributed by atoms with E-state index in [0.29, 0.717) is 43.4 Å². The summed E-state index contributed by atoms with van der Waals surface area (Å²) in [5.41, 5.74) is -0.822. The number of hydrogen-bond acceptors (Lipinski definition) is 11. The molecular formula is C41H53BrN6O9S. The van der Waals surface area contributed by atoms with Crippen LogP contribution in [0.1, 0.15) is 87.0 Å². The average Bonchev–Trinajstić information content (AvgIpc) is 3.53. The number of amides is 4.